The molecule has 1 aromatic carbocycles. The van der Waals surface area contributed by atoms with Crippen molar-refractivity contribution in [1.29, 1.82) is 5.26 Å². The molecule has 0 aliphatic rings. The highest BCUT2D eigenvalue weighted by Crippen LogP contribution is 2.26. The fourth-order valence-electron chi connectivity index (χ4n) is 2.05. The summed E-state index contributed by atoms with van der Waals surface area (Å²) in [5.41, 5.74) is 8.42. The van der Waals surface area contributed by atoms with Crippen LogP contribution in [0.25, 0.3) is 0 Å². The van der Waals surface area contributed by atoms with Gasteiger partial charge in [0.2, 0.25) is 0 Å². The Bertz CT molecular complexity index is 414. The number of ether oxygens (including phenoxy) is 1. The minimum absolute atomic E-state index is 0.0309. The number of hydrogen-bond acceptors (Lipinski definition) is 4. The van der Waals surface area contributed by atoms with Crippen molar-refractivity contribution in [3.05, 3.63) is 29.8 Å². The number of para-hydroxylation sites is 1. The van der Waals surface area contributed by atoms with Gasteiger partial charge in [-0.2, -0.15) is 5.26 Å². The molecule has 2 N–H and O–H groups in total. The van der Waals surface area contributed by atoms with E-state index in [0.717, 1.165) is 24.2 Å². The van der Waals surface area contributed by atoms with Gasteiger partial charge in [0.05, 0.1) is 19.1 Å². The Hall–Kier alpha value is -1.57. The van der Waals surface area contributed by atoms with Crippen molar-refractivity contribution in [3.63, 3.8) is 0 Å². The van der Waals surface area contributed by atoms with Crippen molar-refractivity contribution in [2.75, 3.05) is 31.7 Å². The van der Waals surface area contributed by atoms with Crippen molar-refractivity contribution >= 4 is 5.69 Å². The van der Waals surface area contributed by atoms with E-state index in [2.05, 4.69) is 30.0 Å². The summed E-state index contributed by atoms with van der Waals surface area (Å²) in [6, 6.07) is 10.4. The Morgan fingerprint density at radius 1 is 1.37 bits per heavy atom. The molecule has 1 atom stereocenters. The van der Waals surface area contributed by atoms with Crippen LogP contribution < -0.4 is 10.6 Å². The molecule has 1 unspecified atom stereocenters. The summed E-state index contributed by atoms with van der Waals surface area (Å²) in [6.07, 6.45) is 1.40. The fraction of sp³-hybridized carbons (Fsp3) is 0.533. The normalized spacial score (nSPS) is 11.9. The van der Waals surface area contributed by atoms with E-state index in [-0.39, 0.29) is 6.04 Å². The smallest absolute Gasteiger partial charge is 0.0640 e. The van der Waals surface area contributed by atoms with Gasteiger partial charge in [-0.3, -0.25) is 0 Å². The summed E-state index contributed by atoms with van der Waals surface area (Å²) < 4.78 is 5.14. The molecule has 0 fully saturated rings. The molecule has 0 saturated heterocycles. The number of hydrogen-bond donors (Lipinski definition) is 1. The first kappa shape index (κ1) is 15.5. The van der Waals surface area contributed by atoms with Crippen molar-refractivity contribution in [2.45, 2.75) is 25.8 Å². The Kier molecular flexibility index (Phi) is 6.94. The minimum atomic E-state index is 0.0309. The van der Waals surface area contributed by atoms with Gasteiger partial charge < -0.3 is 15.4 Å². The minimum Gasteiger partial charge on any atom is -0.383 e. The Balaban J connectivity index is 2.96. The summed E-state index contributed by atoms with van der Waals surface area (Å²) in [4.78, 5) is 2.18. The molecule has 19 heavy (non-hydrogen) atoms. The first-order valence-corrected chi connectivity index (χ1v) is 6.69. The molecular weight excluding hydrogens is 238 g/mol. The maximum atomic E-state index is 8.78. The van der Waals surface area contributed by atoms with Crippen molar-refractivity contribution in [1.82, 2.24) is 0 Å². The molecule has 0 bridgehead atoms. The van der Waals surface area contributed by atoms with Crippen LogP contribution >= 0.6 is 0 Å². The SMILES string of the molecule is CCC(N)c1ccccc1N(CCC#N)CCOC. The van der Waals surface area contributed by atoms with Crippen LogP contribution in [0.4, 0.5) is 5.69 Å². The number of nitrogens with zero attached hydrogens (tertiary/aromatic N) is 2. The van der Waals surface area contributed by atoms with Crippen LogP contribution in [0.5, 0.6) is 0 Å². The first-order chi connectivity index (χ1) is 9.24. The maximum absolute atomic E-state index is 8.78. The predicted molar refractivity (Wildman–Crippen MR) is 78.0 cm³/mol. The lowest BCUT2D eigenvalue weighted by molar-refractivity contribution is 0.205. The number of nitrogens with two attached hydrogens (primary N) is 1. The number of nitriles is 1. The van der Waals surface area contributed by atoms with E-state index >= 15 is 0 Å². The van der Waals surface area contributed by atoms with Crippen molar-refractivity contribution in [3.8, 4) is 6.07 Å². The second kappa shape index (κ2) is 8.52. The van der Waals surface area contributed by atoms with Gasteiger partial charge in [0.1, 0.15) is 0 Å². The molecule has 4 nitrogen and oxygen atoms in total. The predicted octanol–water partition coefficient (Wildman–Crippen LogP) is 2.46. The van der Waals surface area contributed by atoms with Gasteiger partial charge in [-0.25, -0.2) is 0 Å². The van der Waals surface area contributed by atoms with Gasteiger partial charge in [-0.05, 0) is 18.1 Å². The van der Waals surface area contributed by atoms with Gasteiger partial charge >= 0.3 is 0 Å². The molecular formula is C15H23N3O. The summed E-state index contributed by atoms with van der Waals surface area (Å²) in [7, 11) is 1.69. The molecule has 1 aromatic rings. The highest BCUT2D eigenvalue weighted by Gasteiger charge is 2.14. The Morgan fingerprint density at radius 2 is 2.11 bits per heavy atom. The van der Waals surface area contributed by atoms with E-state index in [1.54, 1.807) is 7.11 Å². The zero-order valence-corrected chi connectivity index (χ0v) is 11.8. The average molecular weight is 261 g/mol. The largest absolute Gasteiger partial charge is 0.383 e. The van der Waals surface area contributed by atoms with Crippen molar-refractivity contribution in [2.24, 2.45) is 5.73 Å². The van der Waals surface area contributed by atoms with Gasteiger partial charge in [0, 0.05) is 31.9 Å². The van der Waals surface area contributed by atoms with Crippen LogP contribution in [0.3, 0.4) is 0 Å². The summed E-state index contributed by atoms with van der Waals surface area (Å²) in [5, 5.41) is 8.78. The number of anilines is 1. The third kappa shape index (κ3) is 4.55. The average Bonchev–Trinajstić information content (AvgIpc) is 2.47. The maximum Gasteiger partial charge on any atom is 0.0640 e. The second-order valence-corrected chi connectivity index (χ2v) is 4.46. The van der Waals surface area contributed by atoms with E-state index in [1.165, 1.54) is 0 Å². The van der Waals surface area contributed by atoms with Crippen molar-refractivity contribution < 1.29 is 4.74 Å². The highest BCUT2D eigenvalue weighted by atomic mass is 16.5. The number of methoxy groups -OCH3 is 1. The topological polar surface area (TPSA) is 62.3 Å². The lowest BCUT2D eigenvalue weighted by Crippen LogP contribution is -2.30. The zero-order chi connectivity index (χ0) is 14.1. The lowest BCUT2D eigenvalue weighted by atomic mass is 10.0. The fourth-order valence-corrected chi connectivity index (χ4v) is 2.05. The van der Waals surface area contributed by atoms with Gasteiger partial charge in [-0.1, -0.05) is 25.1 Å². The molecule has 0 amide bonds. The van der Waals surface area contributed by atoms with Crippen LogP contribution in [0.1, 0.15) is 31.4 Å². The second-order valence-electron chi connectivity index (χ2n) is 4.46. The number of benzene rings is 1. The quantitative estimate of drug-likeness (QED) is 0.781. The molecule has 0 saturated carbocycles. The zero-order valence-electron chi connectivity index (χ0n) is 11.8. The standard InChI is InChI=1S/C15H23N3O/c1-3-14(17)13-7-4-5-8-15(13)18(10-6-9-16)11-12-19-2/h4-5,7-8,14H,3,6,10-12,17H2,1-2H3. The van der Waals surface area contributed by atoms with E-state index in [1.807, 2.05) is 12.1 Å². The molecule has 104 valence electrons. The van der Waals surface area contributed by atoms with E-state index in [0.29, 0.717) is 19.6 Å². The van der Waals surface area contributed by atoms with E-state index in [9.17, 15) is 0 Å². The summed E-state index contributed by atoms with van der Waals surface area (Å²) in [5.74, 6) is 0. The molecule has 4 heteroatoms. The molecule has 0 aliphatic carbocycles. The lowest BCUT2D eigenvalue weighted by Gasteiger charge is -2.27. The van der Waals surface area contributed by atoms with E-state index < -0.39 is 0 Å². The van der Waals surface area contributed by atoms with Crippen LogP contribution in [-0.4, -0.2) is 26.8 Å². The van der Waals surface area contributed by atoms with Crippen LogP contribution in [0, 0.1) is 11.3 Å². The molecule has 0 aliphatic heterocycles. The van der Waals surface area contributed by atoms with Crippen LogP contribution in [-0.2, 0) is 4.74 Å². The van der Waals surface area contributed by atoms with Crippen LogP contribution in [0.15, 0.2) is 24.3 Å². The molecule has 1 rings (SSSR count). The summed E-state index contributed by atoms with van der Waals surface area (Å²) in [6.45, 7) is 4.19. The molecule has 0 spiro atoms. The van der Waals surface area contributed by atoms with E-state index in [4.69, 9.17) is 15.7 Å². The van der Waals surface area contributed by atoms with Crippen LogP contribution in [0.2, 0.25) is 0 Å². The van der Waals surface area contributed by atoms with Gasteiger partial charge in [0.15, 0.2) is 0 Å². The Labute approximate surface area is 115 Å². The van der Waals surface area contributed by atoms with Gasteiger partial charge in [-0.15, -0.1) is 0 Å². The third-order valence-electron chi connectivity index (χ3n) is 3.18. The molecule has 0 radical (unpaired) electrons. The summed E-state index contributed by atoms with van der Waals surface area (Å²) >= 11 is 0. The Morgan fingerprint density at radius 3 is 2.74 bits per heavy atom. The first-order valence-electron chi connectivity index (χ1n) is 6.69. The molecule has 0 aromatic heterocycles. The third-order valence-corrected chi connectivity index (χ3v) is 3.18. The molecule has 0 heterocycles. The highest BCUT2D eigenvalue weighted by molar-refractivity contribution is 5.55. The number of rotatable bonds is 8. The monoisotopic (exact) mass is 261 g/mol. The van der Waals surface area contributed by atoms with Gasteiger partial charge in [0.25, 0.3) is 0 Å².